The van der Waals surface area contributed by atoms with E-state index in [-0.39, 0.29) is 0 Å². The molecule has 56 heavy (non-hydrogen) atoms. The van der Waals surface area contributed by atoms with Crippen LogP contribution in [0.2, 0.25) is 24.2 Å². The van der Waals surface area contributed by atoms with Crippen LogP contribution in [-0.2, 0) is 53.1 Å². The summed E-state index contributed by atoms with van der Waals surface area (Å²) in [7, 11) is 9.29. The number of benzene rings is 1. The molecule has 0 radical (unpaired) electrons. The molecule has 0 heterocycles. The van der Waals surface area contributed by atoms with E-state index in [4.69, 9.17) is 62.6 Å². The van der Waals surface area contributed by atoms with Crippen LogP contribution in [-0.4, -0.2) is 183 Å². The number of rotatable bonds is 38. The van der Waals surface area contributed by atoms with Crippen molar-refractivity contribution in [1.29, 1.82) is 0 Å². The maximum atomic E-state index is 6.12. The molecule has 330 valence electrons. The molecule has 0 aromatic heterocycles. The number of hydrogen-bond donors (Lipinski definition) is 0. The van der Waals surface area contributed by atoms with Crippen molar-refractivity contribution in [3.05, 3.63) is 24.3 Å². The van der Waals surface area contributed by atoms with Gasteiger partial charge in [-0.15, -0.1) is 0 Å². The molecule has 0 bridgehead atoms. The van der Waals surface area contributed by atoms with Crippen molar-refractivity contribution in [2.75, 3.05) is 138 Å². The number of nitrogens with zero attached hydrogens (tertiary/aromatic N) is 2. The van der Waals surface area contributed by atoms with Crippen molar-refractivity contribution < 1.29 is 62.6 Å². The molecule has 0 spiro atoms. The average Bonchev–Trinajstić information content (AvgIpc) is 3.25. The van der Waals surface area contributed by atoms with Crippen LogP contribution in [0.15, 0.2) is 24.3 Å². The van der Waals surface area contributed by atoms with Crippen LogP contribution >= 0.6 is 0 Å². The van der Waals surface area contributed by atoms with Crippen LogP contribution in [0.4, 0.5) is 0 Å². The molecule has 0 saturated carbocycles. The lowest BCUT2D eigenvalue weighted by atomic mass is 10.3. The highest BCUT2D eigenvalue weighted by Gasteiger charge is 2.40. The summed E-state index contributed by atoms with van der Waals surface area (Å²) < 4.78 is 79.8. The molecule has 0 aliphatic heterocycles. The minimum absolute atomic E-state index is 0.595. The topological polar surface area (TPSA) is 136 Å². The quantitative estimate of drug-likeness (QED) is 0.0658. The third kappa shape index (κ3) is 19.0. The molecule has 0 fully saturated rings. The summed E-state index contributed by atoms with van der Waals surface area (Å²) in [5.74, 6) is 1.63. The van der Waals surface area contributed by atoms with Crippen molar-refractivity contribution in [3.8, 4) is 11.5 Å². The van der Waals surface area contributed by atoms with Crippen LogP contribution < -0.4 is 9.47 Å². The van der Waals surface area contributed by atoms with Gasteiger partial charge in [0.05, 0.1) is 13.2 Å². The van der Waals surface area contributed by atoms with Crippen LogP contribution in [0.3, 0.4) is 0 Å². The molecular weight excluding hydrogens is 797 g/mol. The van der Waals surface area contributed by atoms with Gasteiger partial charge in [0.15, 0.2) is 0 Å². The van der Waals surface area contributed by atoms with E-state index < -0.39 is 35.2 Å². The first-order chi connectivity index (χ1) is 27.0. The largest absolute Gasteiger partial charge is 0.500 e. The van der Waals surface area contributed by atoms with E-state index in [1.165, 1.54) is 0 Å². The lowest BCUT2D eigenvalue weighted by Crippen LogP contribution is -2.44. The van der Waals surface area contributed by atoms with Gasteiger partial charge in [0.25, 0.3) is 0 Å². The summed E-state index contributed by atoms with van der Waals surface area (Å²) in [6.07, 6.45) is 5.30. The molecule has 0 N–H and O–H groups in total. The van der Waals surface area contributed by atoms with Crippen LogP contribution in [0.5, 0.6) is 11.5 Å². The van der Waals surface area contributed by atoms with Crippen LogP contribution in [0, 0.1) is 0 Å². The Morgan fingerprint density at radius 3 is 0.714 bits per heavy atom. The highest BCUT2D eigenvalue weighted by molar-refractivity contribution is 6.61. The zero-order valence-electron chi connectivity index (χ0n) is 36.6. The normalized spacial score (nSPS) is 13.0. The summed E-state index contributed by atoms with van der Waals surface area (Å²) in [6.45, 7) is 6.47. The molecule has 1 aromatic rings. The highest BCUT2D eigenvalue weighted by atomic mass is 28.4. The standard InChI is InChI=1S/C36H76N2O14Si4/c1-39-53(40-2,41-3)31-15-25-37(26-16-32-54(42-4,43-5)44-6)23-13-29-51-35-19-21-36(22-20-35)52-30-14-24-38(27-17-33-55(45-7,46-8)47-9)28-18-34-56(48-10,49-11)50-12/h19-22H,13-18,23-34H2,1-12H3. The first-order valence-corrected chi connectivity index (χ1v) is 27.2. The molecule has 0 saturated heterocycles. The molecule has 0 atom stereocenters. The second-order valence-electron chi connectivity index (χ2n) is 13.2. The summed E-state index contributed by atoms with van der Waals surface area (Å²) >= 11 is 0. The predicted octanol–water partition coefficient (Wildman–Crippen LogP) is 4.90. The predicted molar refractivity (Wildman–Crippen MR) is 224 cm³/mol. The van der Waals surface area contributed by atoms with Gasteiger partial charge in [0, 0.05) is 123 Å². The van der Waals surface area contributed by atoms with E-state index in [0.29, 0.717) is 13.2 Å². The van der Waals surface area contributed by atoms with E-state index >= 15 is 0 Å². The molecular formula is C36H76N2O14Si4. The van der Waals surface area contributed by atoms with Crippen molar-refractivity contribution in [3.63, 3.8) is 0 Å². The summed E-state index contributed by atoms with van der Waals surface area (Å²) in [5, 5.41) is 0. The maximum absolute atomic E-state index is 6.12. The van der Waals surface area contributed by atoms with E-state index in [2.05, 4.69) is 9.80 Å². The van der Waals surface area contributed by atoms with Gasteiger partial charge in [-0.3, -0.25) is 0 Å². The first kappa shape index (κ1) is 53.1. The number of ether oxygens (including phenoxy) is 2. The van der Waals surface area contributed by atoms with Crippen molar-refractivity contribution >= 4 is 35.2 Å². The Morgan fingerprint density at radius 2 is 0.518 bits per heavy atom. The maximum Gasteiger partial charge on any atom is 0.500 e. The van der Waals surface area contributed by atoms with Gasteiger partial charge in [-0.05, 0) is 89.0 Å². The molecule has 16 nitrogen and oxygen atoms in total. The van der Waals surface area contributed by atoms with Gasteiger partial charge in [0.1, 0.15) is 11.5 Å². The Bertz CT molecular complexity index is 920. The lowest BCUT2D eigenvalue weighted by molar-refractivity contribution is 0.118. The second kappa shape index (κ2) is 30.2. The summed E-state index contributed by atoms with van der Waals surface area (Å²) in [6, 6.07) is 10.8. The van der Waals surface area contributed by atoms with Crippen LogP contribution in [0.25, 0.3) is 0 Å². The molecule has 0 aliphatic rings. The fraction of sp³-hybridized carbons (Fsp3) is 0.833. The molecule has 20 heteroatoms. The molecule has 0 aliphatic carbocycles. The Balaban J connectivity index is 2.66. The van der Waals surface area contributed by atoms with Gasteiger partial charge < -0.3 is 72.4 Å². The Labute approximate surface area is 342 Å². The summed E-state index contributed by atoms with van der Waals surface area (Å²) in [5.41, 5.74) is 0. The van der Waals surface area contributed by atoms with Gasteiger partial charge in [-0.25, -0.2) is 0 Å². The van der Waals surface area contributed by atoms with Gasteiger partial charge in [-0.1, -0.05) is 0 Å². The molecule has 1 aromatic carbocycles. The van der Waals surface area contributed by atoms with Gasteiger partial charge in [-0.2, -0.15) is 0 Å². The third-order valence-corrected chi connectivity index (χ3v) is 21.5. The first-order valence-electron chi connectivity index (χ1n) is 19.5. The highest BCUT2D eigenvalue weighted by Crippen LogP contribution is 2.21. The van der Waals surface area contributed by atoms with Crippen LogP contribution in [0.1, 0.15) is 38.5 Å². The molecule has 0 amide bonds. The fourth-order valence-corrected chi connectivity index (χ4v) is 13.4. The third-order valence-electron chi connectivity index (χ3n) is 10.2. The zero-order chi connectivity index (χ0) is 41.8. The Morgan fingerprint density at radius 1 is 0.321 bits per heavy atom. The van der Waals surface area contributed by atoms with Crippen molar-refractivity contribution in [2.45, 2.75) is 62.7 Å². The van der Waals surface area contributed by atoms with Crippen molar-refractivity contribution in [2.24, 2.45) is 0 Å². The summed E-state index contributed by atoms with van der Waals surface area (Å²) in [4.78, 5) is 4.87. The van der Waals surface area contributed by atoms with Crippen molar-refractivity contribution in [1.82, 2.24) is 9.80 Å². The zero-order valence-corrected chi connectivity index (χ0v) is 40.6. The molecule has 1 rings (SSSR count). The minimum atomic E-state index is -2.63. The Kier molecular flexibility index (Phi) is 28.7. The average molecular weight is 873 g/mol. The molecule has 0 unspecified atom stereocenters. The minimum Gasteiger partial charge on any atom is -0.494 e. The fourth-order valence-electron chi connectivity index (χ4n) is 6.56. The Hall–Kier alpha value is -0.872. The van der Waals surface area contributed by atoms with E-state index in [1.807, 2.05) is 24.3 Å². The van der Waals surface area contributed by atoms with Gasteiger partial charge >= 0.3 is 35.2 Å². The lowest BCUT2D eigenvalue weighted by Gasteiger charge is -2.28. The number of hydrogen-bond acceptors (Lipinski definition) is 16. The van der Waals surface area contributed by atoms with E-state index in [9.17, 15) is 0 Å². The SMILES string of the molecule is CO[Si](CCCN(CCCOc1ccc(OCCCN(CCC[Si](OC)(OC)OC)CCC[Si](OC)(OC)OC)cc1)CCC[Si](OC)(OC)OC)(OC)OC. The van der Waals surface area contributed by atoms with Gasteiger partial charge in [0.2, 0.25) is 0 Å². The van der Waals surface area contributed by atoms with E-state index in [0.717, 1.165) is 113 Å². The van der Waals surface area contributed by atoms with E-state index in [1.54, 1.807) is 85.3 Å². The second-order valence-corrected chi connectivity index (χ2v) is 25.5. The smallest absolute Gasteiger partial charge is 0.494 e. The monoisotopic (exact) mass is 872 g/mol.